The van der Waals surface area contributed by atoms with Crippen LogP contribution in [-0.2, 0) is 32.2 Å². The molecular weight excluding hydrogens is 667 g/mol. The van der Waals surface area contributed by atoms with E-state index in [4.69, 9.17) is 10.6 Å². The molecule has 0 bridgehead atoms. The van der Waals surface area contributed by atoms with E-state index in [-0.39, 0.29) is 44.2 Å². The summed E-state index contributed by atoms with van der Waals surface area (Å²) in [6.45, 7) is 0.623. The predicted molar refractivity (Wildman–Crippen MR) is 202 cm³/mol. The van der Waals surface area contributed by atoms with Crippen LogP contribution >= 0.6 is 0 Å². The van der Waals surface area contributed by atoms with Crippen molar-refractivity contribution in [3.63, 3.8) is 0 Å². The SMILES string of the molecule is NC(=O)CC[C@H]1ON(C(=O)NCCC(c2ccccc2)c2ccccc2)C2CN(Cc3cccc4ccccc34)C(=O)[C@H](Cc3ccccc3)N2C1=O. The van der Waals surface area contributed by atoms with Gasteiger partial charge >= 0.3 is 6.03 Å². The number of fused-ring (bicyclic) bond motifs is 2. The molecule has 5 amide bonds. The van der Waals surface area contributed by atoms with Gasteiger partial charge in [-0.25, -0.2) is 4.79 Å². The van der Waals surface area contributed by atoms with Gasteiger partial charge < -0.3 is 20.9 Å². The molecule has 3 atom stereocenters. The van der Waals surface area contributed by atoms with Crippen molar-refractivity contribution >= 4 is 34.5 Å². The number of piperazine rings is 1. The maximum absolute atomic E-state index is 14.5. The lowest BCUT2D eigenvalue weighted by Gasteiger charge is -2.53. The molecule has 270 valence electrons. The van der Waals surface area contributed by atoms with E-state index in [1.165, 1.54) is 9.96 Å². The smallest absolute Gasteiger partial charge is 0.343 e. The van der Waals surface area contributed by atoms with E-state index in [1.54, 1.807) is 4.90 Å². The molecule has 2 saturated heterocycles. The lowest BCUT2D eigenvalue weighted by Crippen LogP contribution is -2.74. The Morgan fingerprint density at radius 2 is 1.40 bits per heavy atom. The van der Waals surface area contributed by atoms with E-state index >= 15 is 0 Å². The van der Waals surface area contributed by atoms with E-state index in [9.17, 15) is 19.2 Å². The zero-order chi connectivity index (χ0) is 36.7. The number of nitrogens with zero attached hydrogens (tertiary/aromatic N) is 3. The number of hydrogen-bond acceptors (Lipinski definition) is 5. The topological polar surface area (TPSA) is 125 Å². The number of nitrogens with two attached hydrogens (primary N) is 1. The first-order chi connectivity index (χ1) is 25.9. The third-order valence-corrected chi connectivity index (χ3v) is 10.2. The van der Waals surface area contributed by atoms with E-state index < -0.39 is 36.2 Å². The highest BCUT2D eigenvalue weighted by atomic mass is 16.7. The van der Waals surface area contributed by atoms with Gasteiger partial charge in [-0.15, -0.1) is 0 Å². The predicted octanol–water partition coefficient (Wildman–Crippen LogP) is 5.76. The molecule has 0 spiro atoms. The molecule has 2 fully saturated rings. The molecule has 10 heteroatoms. The normalized spacial score (nSPS) is 18.7. The van der Waals surface area contributed by atoms with Gasteiger partial charge in [-0.05, 0) is 45.9 Å². The van der Waals surface area contributed by atoms with Gasteiger partial charge in [-0.2, -0.15) is 5.06 Å². The first-order valence-electron chi connectivity index (χ1n) is 18.1. The zero-order valence-electron chi connectivity index (χ0n) is 29.4. The Kier molecular flexibility index (Phi) is 10.8. The molecule has 10 nitrogen and oxygen atoms in total. The maximum Gasteiger partial charge on any atom is 0.343 e. The Hall–Kier alpha value is -6.00. The van der Waals surface area contributed by atoms with Crippen molar-refractivity contribution in [2.24, 2.45) is 5.73 Å². The monoisotopic (exact) mass is 709 g/mol. The van der Waals surface area contributed by atoms with Crippen LogP contribution in [0.1, 0.15) is 47.4 Å². The summed E-state index contributed by atoms with van der Waals surface area (Å²) in [6.07, 6.45) is -1.41. The Morgan fingerprint density at radius 3 is 2.08 bits per heavy atom. The average molecular weight is 710 g/mol. The lowest BCUT2D eigenvalue weighted by molar-refractivity contribution is -0.260. The molecule has 0 aromatic heterocycles. The molecule has 0 aliphatic carbocycles. The van der Waals surface area contributed by atoms with Crippen LogP contribution in [-0.4, -0.2) is 70.0 Å². The fraction of sp³-hybridized carbons (Fsp3) is 0.256. The Balaban J connectivity index is 1.19. The van der Waals surface area contributed by atoms with E-state index in [0.29, 0.717) is 13.0 Å². The number of carbonyl (C=O) groups excluding carboxylic acids is 4. The summed E-state index contributed by atoms with van der Waals surface area (Å²) in [6, 6.07) is 42.4. The molecule has 5 aromatic carbocycles. The second kappa shape index (κ2) is 16.1. The number of hydrogen-bond donors (Lipinski definition) is 2. The van der Waals surface area contributed by atoms with Gasteiger partial charge in [0.2, 0.25) is 11.8 Å². The molecule has 1 unspecified atom stereocenters. The number of amides is 5. The molecule has 3 N–H and O–H groups in total. The van der Waals surface area contributed by atoms with Gasteiger partial charge in [0.15, 0.2) is 12.3 Å². The molecule has 0 saturated carbocycles. The third-order valence-electron chi connectivity index (χ3n) is 10.2. The van der Waals surface area contributed by atoms with Crippen LogP contribution in [0.5, 0.6) is 0 Å². The fourth-order valence-electron chi connectivity index (χ4n) is 7.55. The summed E-state index contributed by atoms with van der Waals surface area (Å²) in [4.78, 5) is 64.3. The van der Waals surface area contributed by atoms with Gasteiger partial charge in [-0.3, -0.25) is 19.2 Å². The van der Waals surface area contributed by atoms with Crippen molar-refractivity contribution in [3.05, 3.63) is 156 Å². The Morgan fingerprint density at radius 1 is 0.774 bits per heavy atom. The summed E-state index contributed by atoms with van der Waals surface area (Å²) in [5, 5.41) is 6.32. The van der Waals surface area contributed by atoms with Gasteiger partial charge in [0.05, 0.1) is 6.54 Å². The zero-order valence-corrected chi connectivity index (χ0v) is 29.4. The maximum atomic E-state index is 14.5. The standard InChI is InChI=1S/C43H43N5O5/c44-39(49)24-23-38-42(51)47-37(27-30-13-4-1-5-14-30)41(50)46(28-34-21-12-20-33-19-10-11-22-35(33)34)29-40(47)48(53-38)43(52)45-26-25-36(31-15-6-2-7-16-31)32-17-8-3-9-18-32/h1-22,36-38,40H,23-29H2,(H2,44,49)(H,45,52)/t37-,38+,40?/m0/s1. The van der Waals surface area contributed by atoms with Gasteiger partial charge in [-0.1, -0.05) is 133 Å². The van der Waals surface area contributed by atoms with Crippen molar-refractivity contribution in [3.8, 4) is 0 Å². The number of primary amides is 1. The molecule has 53 heavy (non-hydrogen) atoms. The highest BCUT2D eigenvalue weighted by molar-refractivity contribution is 5.93. The van der Waals surface area contributed by atoms with E-state index in [1.807, 2.05) is 109 Å². The van der Waals surface area contributed by atoms with Gasteiger partial charge in [0.25, 0.3) is 5.91 Å². The van der Waals surface area contributed by atoms with Crippen molar-refractivity contribution in [1.29, 1.82) is 0 Å². The van der Waals surface area contributed by atoms with Crippen LogP contribution in [0.25, 0.3) is 10.8 Å². The van der Waals surface area contributed by atoms with Gasteiger partial charge in [0, 0.05) is 31.8 Å². The van der Waals surface area contributed by atoms with Crippen molar-refractivity contribution in [1.82, 2.24) is 20.2 Å². The number of nitrogens with one attached hydrogen (secondary N) is 1. The van der Waals surface area contributed by atoms with Crippen LogP contribution in [0, 0.1) is 0 Å². The minimum Gasteiger partial charge on any atom is -0.370 e. The first-order valence-corrected chi connectivity index (χ1v) is 18.1. The molecule has 2 aliphatic rings. The summed E-state index contributed by atoms with van der Waals surface area (Å²) < 4.78 is 0. The van der Waals surface area contributed by atoms with E-state index in [0.717, 1.165) is 33.0 Å². The second-order valence-corrected chi connectivity index (χ2v) is 13.6. The summed E-state index contributed by atoms with van der Waals surface area (Å²) in [5.41, 5.74) is 9.56. The second-order valence-electron chi connectivity index (χ2n) is 13.6. The summed E-state index contributed by atoms with van der Waals surface area (Å²) >= 11 is 0. The van der Waals surface area contributed by atoms with E-state index in [2.05, 4.69) is 29.6 Å². The fourth-order valence-corrected chi connectivity index (χ4v) is 7.55. The Bertz CT molecular complexity index is 2020. The highest BCUT2D eigenvalue weighted by Gasteiger charge is 2.53. The molecule has 2 heterocycles. The minimum absolute atomic E-state index is 0.0279. The minimum atomic E-state index is -1.18. The van der Waals surface area contributed by atoms with Crippen molar-refractivity contribution in [2.75, 3.05) is 13.1 Å². The lowest BCUT2D eigenvalue weighted by atomic mass is 9.88. The Labute approximate surface area is 309 Å². The molecule has 2 aliphatic heterocycles. The number of benzene rings is 5. The third kappa shape index (κ3) is 7.93. The summed E-state index contributed by atoms with van der Waals surface area (Å²) in [7, 11) is 0. The molecule has 7 rings (SSSR count). The van der Waals surface area contributed by atoms with Crippen molar-refractivity contribution < 1.29 is 24.0 Å². The number of rotatable bonds is 12. The van der Waals surface area contributed by atoms with Crippen molar-refractivity contribution in [2.45, 2.75) is 56.5 Å². The summed E-state index contributed by atoms with van der Waals surface area (Å²) in [5.74, 6) is -1.24. The van der Waals surface area contributed by atoms with Crippen LogP contribution in [0.3, 0.4) is 0 Å². The largest absolute Gasteiger partial charge is 0.370 e. The molecule has 5 aromatic rings. The number of urea groups is 1. The number of carbonyl (C=O) groups is 4. The van der Waals surface area contributed by atoms with Crippen LogP contribution in [0.2, 0.25) is 0 Å². The number of hydroxylamine groups is 2. The molecular formula is C43H43N5O5. The van der Waals surface area contributed by atoms with Gasteiger partial charge in [0.1, 0.15) is 6.04 Å². The molecule has 0 radical (unpaired) electrons. The van der Waals surface area contributed by atoms with Crippen LogP contribution in [0.15, 0.2) is 133 Å². The first kappa shape index (κ1) is 35.4. The van der Waals surface area contributed by atoms with Crippen LogP contribution in [0.4, 0.5) is 4.79 Å². The highest BCUT2D eigenvalue weighted by Crippen LogP contribution is 2.33. The quantitative estimate of drug-likeness (QED) is 0.171. The average Bonchev–Trinajstić information content (AvgIpc) is 3.19. The van der Waals surface area contributed by atoms with Crippen LogP contribution < -0.4 is 11.1 Å².